The summed E-state index contributed by atoms with van der Waals surface area (Å²) in [4.78, 5) is 20.4. The number of aromatic nitrogens is 1. The SMILES string of the molecule is CC(C)(C)OC(=O)Nc1ncccc1C1=NCCC1. The van der Waals surface area contributed by atoms with Crippen molar-refractivity contribution in [3.63, 3.8) is 0 Å². The van der Waals surface area contributed by atoms with Crippen LogP contribution in [0.2, 0.25) is 0 Å². The number of anilines is 1. The third-order valence-electron chi connectivity index (χ3n) is 2.61. The summed E-state index contributed by atoms with van der Waals surface area (Å²) in [6, 6.07) is 3.76. The number of hydrogen-bond acceptors (Lipinski definition) is 4. The van der Waals surface area contributed by atoms with Gasteiger partial charge in [-0.15, -0.1) is 0 Å². The van der Waals surface area contributed by atoms with E-state index in [9.17, 15) is 4.79 Å². The molecule has 102 valence electrons. The van der Waals surface area contributed by atoms with Gasteiger partial charge in [-0.3, -0.25) is 10.3 Å². The molecule has 1 aromatic rings. The van der Waals surface area contributed by atoms with Crippen molar-refractivity contribution in [1.29, 1.82) is 0 Å². The smallest absolute Gasteiger partial charge is 0.413 e. The van der Waals surface area contributed by atoms with Gasteiger partial charge < -0.3 is 4.74 Å². The summed E-state index contributed by atoms with van der Waals surface area (Å²) in [5.74, 6) is 0.511. The van der Waals surface area contributed by atoms with E-state index < -0.39 is 11.7 Å². The van der Waals surface area contributed by atoms with Crippen LogP contribution in [0, 0.1) is 0 Å². The predicted molar refractivity (Wildman–Crippen MR) is 74.7 cm³/mol. The zero-order valence-corrected chi connectivity index (χ0v) is 11.6. The summed E-state index contributed by atoms with van der Waals surface area (Å²) < 4.78 is 5.23. The Balaban J connectivity index is 2.14. The van der Waals surface area contributed by atoms with Crippen molar-refractivity contribution in [2.24, 2.45) is 4.99 Å². The first-order valence-electron chi connectivity index (χ1n) is 6.44. The van der Waals surface area contributed by atoms with Gasteiger partial charge in [0.15, 0.2) is 0 Å². The lowest BCUT2D eigenvalue weighted by atomic mass is 10.1. The van der Waals surface area contributed by atoms with Gasteiger partial charge in [-0.25, -0.2) is 9.78 Å². The zero-order valence-electron chi connectivity index (χ0n) is 11.6. The van der Waals surface area contributed by atoms with E-state index in [-0.39, 0.29) is 0 Å². The van der Waals surface area contributed by atoms with Gasteiger partial charge in [0.05, 0.1) is 0 Å². The van der Waals surface area contributed by atoms with Crippen molar-refractivity contribution < 1.29 is 9.53 Å². The second kappa shape index (κ2) is 5.38. The molecule has 0 spiro atoms. The maximum absolute atomic E-state index is 11.8. The average molecular weight is 261 g/mol. The number of rotatable bonds is 2. The number of hydrogen-bond donors (Lipinski definition) is 1. The number of nitrogens with one attached hydrogen (secondary N) is 1. The van der Waals surface area contributed by atoms with Crippen molar-refractivity contribution in [3.8, 4) is 0 Å². The number of ether oxygens (including phenoxy) is 1. The quantitative estimate of drug-likeness (QED) is 0.890. The number of carbonyl (C=O) groups is 1. The average Bonchev–Trinajstić information content (AvgIpc) is 2.80. The van der Waals surface area contributed by atoms with Crippen LogP contribution in [0.15, 0.2) is 23.3 Å². The molecular formula is C14H19N3O2. The Morgan fingerprint density at radius 3 is 2.84 bits per heavy atom. The highest BCUT2D eigenvalue weighted by Crippen LogP contribution is 2.20. The van der Waals surface area contributed by atoms with Crippen molar-refractivity contribution in [2.45, 2.75) is 39.2 Å². The number of amides is 1. The number of carbonyl (C=O) groups excluding carboxylic acids is 1. The first-order valence-corrected chi connectivity index (χ1v) is 6.44. The first kappa shape index (κ1) is 13.5. The summed E-state index contributed by atoms with van der Waals surface area (Å²) in [6.45, 7) is 6.32. The van der Waals surface area contributed by atoms with Gasteiger partial charge in [0.25, 0.3) is 0 Å². The van der Waals surface area contributed by atoms with E-state index in [2.05, 4.69) is 15.3 Å². The Morgan fingerprint density at radius 1 is 1.42 bits per heavy atom. The molecule has 1 amide bonds. The molecule has 0 unspecified atom stereocenters. The fraction of sp³-hybridized carbons (Fsp3) is 0.500. The van der Waals surface area contributed by atoms with Gasteiger partial charge in [0, 0.05) is 24.0 Å². The Labute approximate surface area is 113 Å². The molecular weight excluding hydrogens is 242 g/mol. The van der Waals surface area contributed by atoms with Crippen LogP contribution in [0.4, 0.5) is 10.6 Å². The van der Waals surface area contributed by atoms with Gasteiger partial charge in [-0.1, -0.05) is 0 Å². The Bertz CT molecular complexity index is 504. The van der Waals surface area contributed by atoms with E-state index in [4.69, 9.17) is 4.74 Å². The van der Waals surface area contributed by atoms with Gasteiger partial charge in [0.2, 0.25) is 0 Å². The first-order chi connectivity index (χ1) is 8.96. The molecule has 5 nitrogen and oxygen atoms in total. The van der Waals surface area contributed by atoms with E-state index in [1.165, 1.54) is 0 Å². The molecule has 0 radical (unpaired) electrons. The lowest BCUT2D eigenvalue weighted by Gasteiger charge is -2.20. The van der Waals surface area contributed by atoms with Crippen LogP contribution in [0.25, 0.3) is 0 Å². The molecule has 1 aliphatic rings. The minimum atomic E-state index is -0.524. The molecule has 1 aliphatic heterocycles. The third kappa shape index (κ3) is 3.77. The molecule has 5 heteroatoms. The molecule has 0 fully saturated rings. The lowest BCUT2D eigenvalue weighted by molar-refractivity contribution is 0.0635. The van der Waals surface area contributed by atoms with Crippen molar-refractivity contribution in [3.05, 3.63) is 23.9 Å². The molecule has 0 bridgehead atoms. The summed E-state index contributed by atoms with van der Waals surface area (Å²) in [7, 11) is 0. The van der Waals surface area contributed by atoms with Gasteiger partial charge in [0.1, 0.15) is 11.4 Å². The Morgan fingerprint density at radius 2 is 2.21 bits per heavy atom. The van der Waals surface area contributed by atoms with Crippen LogP contribution in [0.1, 0.15) is 39.2 Å². The van der Waals surface area contributed by atoms with Crippen LogP contribution < -0.4 is 5.32 Å². The summed E-state index contributed by atoms with van der Waals surface area (Å²) in [5, 5.41) is 2.69. The molecule has 0 saturated carbocycles. The number of pyridine rings is 1. The second-order valence-corrected chi connectivity index (χ2v) is 5.46. The molecule has 2 heterocycles. The molecule has 19 heavy (non-hydrogen) atoms. The largest absolute Gasteiger partial charge is 0.444 e. The van der Waals surface area contributed by atoms with Crippen LogP contribution in [0.3, 0.4) is 0 Å². The number of nitrogens with zero attached hydrogens (tertiary/aromatic N) is 2. The fourth-order valence-electron chi connectivity index (χ4n) is 1.90. The molecule has 0 atom stereocenters. The highest BCUT2D eigenvalue weighted by molar-refractivity contribution is 6.06. The third-order valence-corrected chi connectivity index (χ3v) is 2.61. The highest BCUT2D eigenvalue weighted by Gasteiger charge is 2.19. The number of aliphatic imine (C=N–C) groups is 1. The predicted octanol–water partition coefficient (Wildman–Crippen LogP) is 3.01. The summed E-state index contributed by atoms with van der Waals surface area (Å²) in [6.07, 6.45) is 3.13. The second-order valence-electron chi connectivity index (χ2n) is 5.46. The Hall–Kier alpha value is -1.91. The van der Waals surface area contributed by atoms with Crippen molar-refractivity contribution in [1.82, 2.24) is 4.98 Å². The Kier molecular flexibility index (Phi) is 3.83. The van der Waals surface area contributed by atoms with Crippen LogP contribution in [-0.2, 0) is 4.74 Å². The maximum atomic E-state index is 11.8. The van der Waals surface area contributed by atoms with Gasteiger partial charge in [-0.2, -0.15) is 0 Å². The lowest BCUT2D eigenvalue weighted by Crippen LogP contribution is -2.28. The highest BCUT2D eigenvalue weighted by atomic mass is 16.6. The molecule has 2 rings (SSSR count). The van der Waals surface area contributed by atoms with Crippen molar-refractivity contribution >= 4 is 17.6 Å². The topological polar surface area (TPSA) is 63.6 Å². The van der Waals surface area contributed by atoms with Crippen LogP contribution in [-0.4, -0.2) is 28.9 Å². The monoisotopic (exact) mass is 261 g/mol. The minimum absolute atomic E-state index is 0.494. The van der Waals surface area contributed by atoms with Crippen molar-refractivity contribution in [2.75, 3.05) is 11.9 Å². The zero-order chi connectivity index (χ0) is 13.9. The fourth-order valence-corrected chi connectivity index (χ4v) is 1.90. The standard InChI is InChI=1S/C14H19N3O2/c1-14(2,3)19-13(18)17-12-10(6-4-9-16-12)11-7-5-8-15-11/h4,6,9H,5,7-8H2,1-3H3,(H,16,17,18). The van der Waals surface area contributed by atoms with E-state index >= 15 is 0 Å². The van der Waals surface area contributed by atoms with Crippen LogP contribution >= 0.6 is 0 Å². The molecule has 1 aromatic heterocycles. The van der Waals surface area contributed by atoms with E-state index in [1.54, 1.807) is 6.20 Å². The molecule has 1 N–H and O–H groups in total. The minimum Gasteiger partial charge on any atom is -0.444 e. The summed E-state index contributed by atoms with van der Waals surface area (Å²) in [5.41, 5.74) is 1.36. The maximum Gasteiger partial charge on any atom is 0.413 e. The molecule has 0 saturated heterocycles. The van der Waals surface area contributed by atoms with Gasteiger partial charge >= 0.3 is 6.09 Å². The van der Waals surface area contributed by atoms with Crippen LogP contribution in [0.5, 0.6) is 0 Å². The van der Waals surface area contributed by atoms with E-state index in [0.717, 1.165) is 30.7 Å². The van der Waals surface area contributed by atoms with E-state index in [0.29, 0.717) is 5.82 Å². The normalized spacial score (nSPS) is 15.0. The van der Waals surface area contributed by atoms with Gasteiger partial charge in [-0.05, 0) is 45.7 Å². The molecule has 0 aromatic carbocycles. The van der Waals surface area contributed by atoms with E-state index in [1.807, 2.05) is 32.9 Å². The summed E-state index contributed by atoms with van der Waals surface area (Å²) >= 11 is 0. The molecule has 0 aliphatic carbocycles.